The standard InChI is InChI=1S/C23H23FO6/c1-12-15(7-14-8-20(27-4)23(29-6)21(9-14)28-5)16-10-18(24)19(26-3)11-17(16)22(12)30-13(2)25/h7-11H,1-6H3. The number of carbonyl (C=O) groups is 1. The Labute approximate surface area is 174 Å². The predicted molar refractivity (Wildman–Crippen MR) is 111 cm³/mol. The maximum atomic E-state index is 14.5. The van der Waals surface area contributed by atoms with E-state index in [9.17, 15) is 9.18 Å². The summed E-state index contributed by atoms with van der Waals surface area (Å²) in [6, 6.07) is 6.47. The van der Waals surface area contributed by atoms with Crippen molar-refractivity contribution in [2.45, 2.75) is 13.8 Å². The zero-order chi connectivity index (χ0) is 22.0. The number of benzene rings is 2. The normalized spacial score (nSPS) is 13.9. The van der Waals surface area contributed by atoms with Crippen molar-refractivity contribution in [2.24, 2.45) is 0 Å². The molecule has 0 unspecified atom stereocenters. The van der Waals surface area contributed by atoms with Crippen molar-refractivity contribution in [2.75, 3.05) is 28.4 Å². The lowest BCUT2D eigenvalue weighted by Crippen LogP contribution is -1.99. The first-order valence-corrected chi connectivity index (χ1v) is 9.14. The molecule has 0 bridgehead atoms. The maximum Gasteiger partial charge on any atom is 0.308 e. The highest BCUT2D eigenvalue weighted by molar-refractivity contribution is 6.05. The molecule has 0 fully saturated rings. The van der Waals surface area contributed by atoms with E-state index < -0.39 is 11.8 Å². The predicted octanol–water partition coefficient (Wildman–Crippen LogP) is 4.71. The zero-order valence-electron chi connectivity index (χ0n) is 17.7. The largest absolute Gasteiger partial charge is 0.494 e. The van der Waals surface area contributed by atoms with Crippen molar-refractivity contribution in [1.82, 2.24) is 0 Å². The molecule has 0 spiro atoms. The summed E-state index contributed by atoms with van der Waals surface area (Å²) in [5.41, 5.74) is 3.32. The van der Waals surface area contributed by atoms with E-state index in [0.717, 1.165) is 5.56 Å². The van der Waals surface area contributed by atoms with Crippen LogP contribution in [0.3, 0.4) is 0 Å². The van der Waals surface area contributed by atoms with Gasteiger partial charge < -0.3 is 23.7 Å². The van der Waals surface area contributed by atoms with Gasteiger partial charge in [-0.3, -0.25) is 4.79 Å². The summed E-state index contributed by atoms with van der Waals surface area (Å²) in [6.45, 7) is 3.13. The van der Waals surface area contributed by atoms with Crippen molar-refractivity contribution in [1.29, 1.82) is 0 Å². The van der Waals surface area contributed by atoms with Crippen LogP contribution in [0, 0.1) is 5.82 Å². The molecule has 158 valence electrons. The van der Waals surface area contributed by atoms with Gasteiger partial charge in [0.2, 0.25) is 5.75 Å². The highest BCUT2D eigenvalue weighted by Gasteiger charge is 2.29. The molecule has 7 heteroatoms. The van der Waals surface area contributed by atoms with Gasteiger partial charge in [0.05, 0.1) is 28.4 Å². The Morgan fingerprint density at radius 2 is 1.47 bits per heavy atom. The second kappa shape index (κ2) is 8.49. The lowest BCUT2D eigenvalue weighted by molar-refractivity contribution is -0.134. The average Bonchev–Trinajstić information content (AvgIpc) is 2.96. The number of fused-ring (bicyclic) bond motifs is 1. The van der Waals surface area contributed by atoms with Gasteiger partial charge in [-0.2, -0.15) is 0 Å². The third-order valence-corrected chi connectivity index (χ3v) is 4.82. The lowest BCUT2D eigenvalue weighted by Gasteiger charge is -2.13. The Balaban J connectivity index is 2.23. The van der Waals surface area contributed by atoms with E-state index in [2.05, 4.69) is 0 Å². The zero-order valence-corrected chi connectivity index (χ0v) is 17.7. The van der Waals surface area contributed by atoms with Crippen LogP contribution in [0.15, 0.2) is 29.8 Å². The molecule has 0 aliphatic heterocycles. The number of methoxy groups -OCH3 is 4. The van der Waals surface area contributed by atoms with Crippen molar-refractivity contribution >= 4 is 23.4 Å². The molecule has 0 saturated heterocycles. The van der Waals surface area contributed by atoms with E-state index in [1.807, 2.05) is 13.0 Å². The fourth-order valence-corrected chi connectivity index (χ4v) is 3.46. The van der Waals surface area contributed by atoms with Gasteiger partial charge >= 0.3 is 5.97 Å². The molecule has 0 heterocycles. The molecule has 6 nitrogen and oxygen atoms in total. The van der Waals surface area contributed by atoms with E-state index in [4.69, 9.17) is 23.7 Å². The molecule has 0 saturated carbocycles. The molecular weight excluding hydrogens is 391 g/mol. The van der Waals surface area contributed by atoms with Gasteiger partial charge in [0.25, 0.3) is 0 Å². The SMILES string of the molecule is COc1cc2c(cc1F)C(=Cc1cc(OC)c(OC)c(OC)c1)C(C)=C2OC(C)=O. The topological polar surface area (TPSA) is 63.2 Å². The van der Waals surface area contributed by atoms with Crippen LogP contribution < -0.4 is 18.9 Å². The molecule has 0 amide bonds. The van der Waals surface area contributed by atoms with Crippen LogP contribution in [0.5, 0.6) is 23.0 Å². The van der Waals surface area contributed by atoms with Crippen LogP contribution in [-0.2, 0) is 9.53 Å². The Morgan fingerprint density at radius 3 is 1.97 bits per heavy atom. The number of rotatable bonds is 6. The van der Waals surface area contributed by atoms with E-state index in [0.29, 0.717) is 45.3 Å². The summed E-state index contributed by atoms with van der Waals surface area (Å²) in [7, 11) is 5.98. The molecule has 1 aliphatic rings. The molecule has 0 N–H and O–H groups in total. The van der Waals surface area contributed by atoms with Crippen molar-refractivity contribution in [3.8, 4) is 23.0 Å². The van der Waals surface area contributed by atoms with Gasteiger partial charge in [0.1, 0.15) is 5.76 Å². The smallest absolute Gasteiger partial charge is 0.308 e. The highest BCUT2D eigenvalue weighted by Crippen LogP contribution is 2.46. The number of hydrogen-bond donors (Lipinski definition) is 0. The van der Waals surface area contributed by atoms with Crippen LogP contribution in [0.2, 0.25) is 0 Å². The first-order valence-electron chi connectivity index (χ1n) is 9.14. The third kappa shape index (κ3) is 3.70. The molecular formula is C23H23FO6. The van der Waals surface area contributed by atoms with Crippen LogP contribution in [-0.4, -0.2) is 34.4 Å². The first-order chi connectivity index (χ1) is 14.3. The summed E-state index contributed by atoms with van der Waals surface area (Å²) in [6.07, 6.45) is 1.85. The molecule has 0 atom stereocenters. The molecule has 30 heavy (non-hydrogen) atoms. The molecule has 0 aromatic heterocycles. The maximum absolute atomic E-state index is 14.5. The van der Waals surface area contributed by atoms with Crippen LogP contribution in [0.4, 0.5) is 4.39 Å². The number of carbonyl (C=O) groups excluding carboxylic acids is 1. The second-order valence-electron chi connectivity index (χ2n) is 6.60. The minimum atomic E-state index is -0.510. The number of hydrogen-bond acceptors (Lipinski definition) is 6. The van der Waals surface area contributed by atoms with Crippen molar-refractivity contribution in [3.63, 3.8) is 0 Å². The number of esters is 1. The summed E-state index contributed by atoms with van der Waals surface area (Å²) in [4.78, 5) is 11.7. The fourth-order valence-electron chi connectivity index (χ4n) is 3.46. The Morgan fingerprint density at radius 1 is 0.867 bits per heavy atom. The lowest BCUT2D eigenvalue weighted by atomic mass is 10.00. The quantitative estimate of drug-likeness (QED) is 0.638. The minimum absolute atomic E-state index is 0.0697. The fraction of sp³-hybridized carbons (Fsp3) is 0.261. The minimum Gasteiger partial charge on any atom is -0.494 e. The van der Waals surface area contributed by atoms with Crippen molar-refractivity contribution < 1.29 is 32.9 Å². The first kappa shape index (κ1) is 21.2. The average molecular weight is 414 g/mol. The van der Waals surface area contributed by atoms with Gasteiger partial charge in [-0.15, -0.1) is 0 Å². The van der Waals surface area contributed by atoms with Gasteiger partial charge in [0.15, 0.2) is 23.1 Å². The van der Waals surface area contributed by atoms with Gasteiger partial charge in [-0.1, -0.05) is 0 Å². The second-order valence-corrected chi connectivity index (χ2v) is 6.60. The molecule has 2 aromatic rings. The van der Waals surface area contributed by atoms with Crippen molar-refractivity contribution in [3.05, 3.63) is 52.3 Å². The summed E-state index contributed by atoms with van der Waals surface area (Å²) in [5, 5.41) is 0. The van der Waals surface area contributed by atoms with Crippen LogP contribution >= 0.6 is 0 Å². The van der Waals surface area contributed by atoms with Gasteiger partial charge in [0, 0.05) is 18.1 Å². The van der Waals surface area contributed by atoms with E-state index in [1.54, 1.807) is 12.1 Å². The number of ether oxygens (including phenoxy) is 5. The molecule has 0 radical (unpaired) electrons. The number of halogens is 1. The van der Waals surface area contributed by atoms with Gasteiger partial charge in [-0.05, 0) is 54.0 Å². The van der Waals surface area contributed by atoms with Gasteiger partial charge in [-0.25, -0.2) is 4.39 Å². The van der Waals surface area contributed by atoms with E-state index in [1.165, 1.54) is 47.5 Å². The van der Waals surface area contributed by atoms with Crippen LogP contribution in [0.25, 0.3) is 17.4 Å². The molecule has 3 rings (SSSR count). The Bertz CT molecular complexity index is 1040. The molecule has 2 aromatic carbocycles. The summed E-state index contributed by atoms with van der Waals surface area (Å²) in [5.74, 6) is 0.915. The Kier molecular flexibility index (Phi) is 6.01. The third-order valence-electron chi connectivity index (χ3n) is 4.82. The summed E-state index contributed by atoms with van der Waals surface area (Å²) >= 11 is 0. The van der Waals surface area contributed by atoms with Crippen LogP contribution in [0.1, 0.15) is 30.5 Å². The van der Waals surface area contributed by atoms with E-state index >= 15 is 0 Å². The molecule has 1 aliphatic carbocycles. The monoisotopic (exact) mass is 414 g/mol. The number of allylic oxidation sites excluding steroid dienone is 2. The van der Waals surface area contributed by atoms with E-state index in [-0.39, 0.29) is 5.75 Å². The Hall–Kier alpha value is -3.48. The summed E-state index contributed by atoms with van der Waals surface area (Å²) < 4.78 is 41.2. The highest BCUT2D eigenvalue weighted by atomic mass is 19.1.